The molecule has 3 rings (SSSR count). The van der Waals surface area contributed by atoms with Crippen LogP contribution in [-0.2, 0) is 9.47 Å². The van der Waals surface area contributed by atoms with Gasteiger partial charge < -0.3 is 9.47 Å². The molecular formula is C12H15FO2S2Si. The molecule has 0 unspecified atom stereocenters. The van der Waals surface area contributed by atoms with E-state index in [0.717, 1.165) is 19.5 Å². The van der Waals surface area contributed by atoms with Crippen molar-refractivity contribution in [1.29, 1.82) is 0 Å². The van der Waals surface area contributed by atoms with E-state index >= 15 is 0 Å². The number of hydrogen-bond donors (Lipinski definition) is 0. The minimum atomic E-state index is -1.65. The molecule has 6 heteroatoms. The maximum atomic E-state index is 14.0. The maximum Gasteiger partial charge on any atom is 0.193 e. The average molecular weight is 302 g/mol. The van der Waals surface area contributed by atoms with Crippen LogP contribution in [0.5, 0.6) is 0 Å². The van der Waals surface area contributed by atoms with Crippen molar-refractivity contribution >= 4 is 45.3 Å². The molecule has 1 fully saturated rings. The van der Waals surface area contributed by atoms with Gasteiger partial charge in [0.1, 0.15) is 0 Å². The highest BCUT2D eigenvalue weighted by Crippen LogP contribution is 2.37. The molecule has 1 aliphatic rings. The van der Waals surface area contributed by atoms with Gasteiger partial charge in [-0.1, -0.05) is 19.6 Å². The van der Waals surface area contributed by atoms with Crippen LogP contribution in [-0.4, -0.2) is 21.3 Å². The Bertz CT molecular complexity index is 579. The number of hydrogen-bond acceptors (Lipinski definition) is 4. The van der Waals surface area contributed by atoms with Crippen molar-refractivity contribution < 1.29 is 13.9 Å². The van der Waals surface area contributed by atoms with Crippen molar-refractivity contribution in [3.63, 3.8) is 0 Å². The first-order valence-electron chi connectivity index (χ1n) is 5.92. The van der Waals surface area contributed by atoms with Crippen LogP contribution in [0.25, 0.3) is 9.40 Å². The van der Waals surface area contributed by atoms with E-state index in [1.807, 2.05) is 6.07 Å². The van der Waals surface area contributed by atoms with Crippen LogP contribution >= 0.6 is 22.7 Å². The molecule has 18 heavy (non-hydrogen) atoms. The summed E-state index contributed by atoms with van der Waals surface area (Å²) in [5, 5.41) is 0.951. The van der Waals surface area contributed by atoms with Crippen molar-refractivity contribution in [3.05, 3.63) is 16.1 Å². The van der Waals surface area contributed by atoms with Crippen LogP contribution in [0.4, 0.5) is 4.39 Å². The lowest BCUT2D eigenvalue weighted by Crippen LogP contribution is -2.38. The maximum absolute atomic E-state index is 14.0. The van der Waals surface area contributed by atoms with E-state index in [4.69, 9.17) is 9.47 Å². The third kappa shape index (κ3) is 2.06. The molecule has 1 saturated heterocycles. The predicted molar refractivity (Wildman–Crippen MR) is 77.3 cm³/mol. The number of halogens is 1. The molecule has 0 radical (unpaired) electrons. The van der Waals surface area contributed by atoms with E-state index in [-0.39, 0.29) is 11.4 Å². The lowest BCUT2D eigenvalue weighted by molar-refractivity contribution is -0.0412. The van der Waals surface area contributed by atoms with Gasteiger partial charge in [0.15, 0.2) is 11.4 Å². The molecule has 1 aliphatic heterocycles. The van der Waals surface area contributed by atoms with Gasteiger partial charge in [-0.05, 0) is 6.07 Å². The average Bonchev–Trinajstić information content (AvgIpc) is 2.86. The second-order valence-electron chi connectivity index (χ2n) is 5.42. The summed E-state index contributed by atoms with van der Waals surface area (Å²) in [5.74, 6) is 0. The molecule has 0 spiro atoms. The summed E-state index contributed by atoms with van der Waals surface area (Å²) in [6.07, 6.45) is -0.243. The molecule has 0 saturated carbocycles. The minimum Gasteiger partial charge on any atom is -0.345 e. The third-order valence-electron chi connectivity index (χ3n) is 2.94. The van der Waals surface area contributed by atoms with Gasteiger partial charge in [0.2, 0.25) is 0 Å². The highest BCUT2D eigenvalue weighted by Gasteiger charge is 2.29. The van der Waals surface area contributed by atoms with Crippen LogP contribution in [0.2, 0.25) is 19.6 Å². The van der Waals surface area contributed by atoms with E-state index < -0.39 is 8.07 Å². The summed E-state index contributed by atoms with van der Waals surface area (Å²) >= 11 is 2.88. The minimum absolute atomic E-state index is 0.00442. The molecular weight excluding hydrogens is 287 g/mol. The first-order valence-corrected chi connectivity index (χ1v) is 11.1. The van der Waals surface area contributed by atoms with E-state index in [1.54, 1.807) is 11.3 Å². The molecule has 98 valence electrons. The topological polar surface area (TPSA) is 18.5 Å². The van der Waals surface area contributed by atoms with E-state index in [2.05, 4.69) is 19.6 Å². The number of rotatable bonds is 2. The fourth-order valence-corrected chi connectivity index (χ4v) is 7.96. The summed E-state index contributed by atoms with van der Waals surface area (Å²) in [6, 6.07) is 2.02. The lowest BCUT2D eigenvalue weighted by Gasteiger charge is -2.14. The molecule has 3 heterocycles. The first-order chi connectivity index (χ1) is 8.47. The zero-order valence-electron chi connectivity index (χ0n) is 10.6. The van der Waals surface area contributed by atoms with E-state index in [1.165, 1.54) is 11.3 Å². The summed E-state index contributed by atoms with van der Waals surface area (Å²) in [6.45, 7) is 7.83. The molecule has 0 aliphatic carbocycles. The highest BCUT2D eigenvalue weighted by molar-refractivity contribution is 7.30. The Morgan fingerprint density at radius 3 is 2.50 bits per heavy atom. The Balaban J connectivity index is 2.10. The largest absolute Gasteiger partial charge is 0.345 e. The Morgan fingerprint density at radius 1 is 1.22 bits per heavy atom. The standard InChI is InChI=1S/C12H15FO2S2Si/c1-18(2,3)10-9-7(17-11(10)13)6-8(16-9)12-14-4-5-15-12/h6,12H,4-5H2,1-3H3. The van der Waals surface area contributed by atoms with Gasteiger partial charge in [0, 0.05) is 14.6 Å². The van der Waals surface area contributed by atoms with Gasteiger partial charge >= 0.3 is 0 Å². The van der Waals surface area contributed by atoms with Crippen LogP contribution < -0.4 is 5.19 Å². The fraction of sp³-hybridized carbons (Fsp3) is 0.500. The second-order valence-corrected chi connectivity index (χ2v) is 12.5. The van der Waals surface area contributed by atoms with Gasteiger partial charge in [-0.3, -0.25) is 0 Å². The normalized spacial score (nSPS) is 18.0. The highest BCUT2D eigenvalue weighted by atomic mass is 32.1. The molecule has 0 aromatic carbocycles. The van der Waals surface area contributed by atoms with Gasteiger partial charge in [-0.15, -0.1) is 22.7 Å². The number of fused-ring (bicyclic) bond motifs is 1. The summed E-state index contributed by atoms with van der Waals surface area (Å²) in [5.41, 5.74) is 0. The first kappa shape index (κ1) is 12.7. The van der Waals surface area contributed by atoms with Crippen LogP contribution in [0.1, 0.15) is 11.2 Å². The van der Waals surface area contributed by atoms with Crippen molar-refractivity contribution in [3.8, 4) is 0 Å². The summed E-state index contributed by atoms with van der Waals surface area (Å²) < 4.78 is 27.2. The molecule has 0 bridgehead atoms. The van der Waals surface area contributed by atoms with Gasteiger partial charge in [-0.2, -0.15) is 4.39 Å². The van der Waals surface area contributed by atoms with Crippen molar-refractivity contribution in [2.24, 2.45) is 0 Å². The van der Waals surface area contributed by atoms with Crippen LogP contribution in [0, 0.1) is 5.13 Å². The van der Waals surface area contributed by atoms with Crippen molar-refractivity contribution in [2.75, 3.05) is 13.2 Å². The van der Waals surface area contributed by atoms with Crippen LogP contribution in [0.15, 0.2) is 6.07 Å². The van der Waals surface area contributed by atoms with Crippen molar-refractivity contribution in [2.45, 2.75) is 25.9 Å². The van der Waals surface area contributed by atoms with Crippen molar-refractivity contribution in [1.82, 2.24) is 0 Å². The Hall–Kier alpha value is -0.273. The smallest absolute Gasteiger partial charge is 0.193 e. The molecule has 0 atom stereocenters. The molecule has 0 N–H and O–H groups in total. The zero-order valence-corrected chi connectivity index (χ0v) is 13.2. The molecule has 0 amide bonds. The number of thiophene rings is 2. The monoisotopic (exact) mass is 302 g/mol. The fourth-order valence-electron chi connectivity index (χ4n) is 2.15. The zero-order chi connectivity index (χ0) is 12.9. The van der Waals surface area contributed by atoms with E-state index in [0.29, 0.717) is 13.2 Å². The van der Waals surface area contributed by atoms with E-state index in [9.17, 15) is 4.39 Å². The van der Waals surface area contributed by atoms with Gasteiger partial charge in [0.25, 0.3) is 0 Å². The molecule has 2 nitrogen and oxygen atoms in total. The van der Waals surface area contributed by atoms with Crippen LogP contribution in [0.3, 0.4) is 0 Å². The van der Waals surface area contributed by atoms with Gasteiger partial charge in [0.05, 0.1) is 26.2 Å². The third-order valence-corrected chi connectivity index (χ3v) is 7.50. The SMILES string of the molecule is C[Si](C)(C)c1c(F)sc2cc(C3OCCO3)sc12. The molecule has 2 aromatic heterocycles. The summed E-state index contributed by atoms with van der Waals surface area (Å²) in [4.78, 5) is 1.06. The molecule has 2 aromatic rings. The second kappa shape index (κ2) is 4.38. The lowest BCUT2D eigenvalue weighted by atomic mass is 10.4. The predicted octanol–water partition coefficient (Wildman–Crippen LogP) is 3.69. The number of ether oxygens (including phenoxy) is 2. The Labute approximate surface area is 114 Å². The Kier molecular flexibility index (Phi) is 3.10. The quantitative estimate of drug-likeness (QED) is 0.788. The summed E-state index contributed by atoms with van der Waals surface area (Å²) in [7, 11) is -1.65. The Morgan fingerprint density at radius 2 is 1.89 bits per heavy atom. The van der Waals surface area contributed by atoms with Gasteiger partial charge in [-0.25, -0.2) is 0 Å².